The summed E-state index contributed by atoms with van der Waals surface area (Å²) in [5.41, 5.74) is 0. The lowest BCUT2D eigenvalue weighted by Gasteiger charge is -2.40. The Balaban J connectivity index is 2.77. The quantitative estimate of drug-likeness (QED) is 0.698. The number of rotatable bonds is 2. The van der Waals surface area contributed by atoms with Crippen LogP contribution in [0.15, 0.2) is 12.2 Å². The van der Waals surface area contributed by atoms with E-state index in [1.54, 1.807) is 6.08 Å². The van der Waals surface area contributed by atoms with Crippen molar-refractivity contribution in [2.75, 3.05) is 0 Å². The predicted molar refractivity (Wildman–Crippen MR) is 74.6 cm³/mol. The van der Waals surface area contributed by atoms with E-state index in [0.29, 0.717) is 0 Å². The molecule has 0 N–H and O–H groups in total. The first-order valence-corrected chi connectivity index (χ1v) is 9.44. The van der Waals surface area contributed by atoms with Gasteiger partial charge in [0.15, 0.2) is 14.1 Å². The van der Waals surface area contributed by atoms with Gasteiger partial charge in [0.05, 0.1) is 6.10 Å². The minimum absolute atomic E-state index is 0.00266. The van der Waals surface area contributed by atoms with Crippen LogP contribution in [0.1, 0.15) is 40.5 Å². The van der Waals surface area contributed by atoms with Crippen LogP contribution in [-0.2, 0) is 9.22 Å². The lowest BCUT2D eigenvalue weighted by molar-refractivity contribution is -0.120. The second-order valence-electron chi connectivity index (χ2n) is 6.59. The molecule has 0 amide bonds. The molecule has 2 atom stereocenters. The highest BCUT2D eigenvalue weighted by Crippen LogP contribution is 2.39. The van der Waals surface area contributed by atoms with Gasteiger partial charge in [-0.15, -0.1) is 0 Å². The molecular weight excluding hydrogens is 228 g/mol. The van der Waals surface area contributed by atoms with Gasteiger partial charge in [-0.1, -0.05) is 33.8 Å². The van der Waals surface area contributed by atoms with Gasteiger partial charge in [0.2, 0.25) is 0 Å². The summed E-state index contributed by atoms with van der Waals surface area (Å²) >= 11 is 0. The Morgan fingerprint density at radius 2 is 1.94 bits per heavy atom. The van der Waals surface area contributed by atoms with Gasteiger partial charge in [-0.05, 0) is 37.0 Å². The van der Waals surface area contributed by atoms with Gasteiger partial charge in [0.25, 0.3) is 0 Å². The smallest absolute Gasteiger partial charge is 0.192 e. The first kappa shape index (κ1) is 14.6. The van der Waals surface area contributed by atoms with E-state index < -0.39 is 8.32 Å². The van der Waals surface area contributed by atoms with Crippen LogP contribution in [0.3, 0.4) is 0 Å². The van der Waals surface area contributed by atoms with Gasteiger partial charge in [-0.25, -0.2) is 0 Å². The van der Waals surface area contributed by atoms with E-state index in [-0.39, 0.29) is 22.8 Å². The number of allylic oxidation sites excluding steroid dienone is 2. The maximum atomic E-state index is 11.8. The van der Waals surface area contributed by atoms with Gasteiger partial charge in [-0.2, -0.15) is 0 Å². The molecule has 98 valence electrons. The van der Waals surface area contributed by atoms with E-state index in [2.05, 4.69) is 33.9 Å². The molecule has 0 aliphatic heterocycles. The Morgan fingerprint density at radius 3 is 2.47 bits per heavy atom. The van der Waals surface area contributed by atoms with Gasteiger partial charge in [-0.3, -0.25) is 4.79 Å². The van der Waals surface area contributed by atoms with E-state index in [9.17, 15) is 4.79 Å². The van der Waals surface area contributed by atoms with Crippen molar-refractivity contribution in [2.24, 2.45) is 5.92 Å². The fraction of sp³-hybridized carbons (Fsp3) is 0.786. The summed E-state index contributed by atoms with van der Waals surface area (Å²) in [5, 5.41) is 0.204. The Morgan fingerprint density at radius 1 is 1.35 bits per heavy atom. The Hall–Kier alpha value is -0.413. The number of hydrogen-bond acceptors (Lipinski definition) is 2. The first-order valence-electron chi connectivity index (χ1n) is 6.53. The lowest BCUT2D eigenvalue weighted by atomic mass is 9.99. The number of carbonyl (C=O) groups excluding carboxylic acids is 1. The van der Waals surface area contributed by atoms with Crippen LogP contribution in [0.5, 0.6) is 0 Å². The molecule has 0 aromatic rings. The van der Waals surface area contributed by atoms with Crippen molar-refractivity contribution in [3.05, 3.63) is 12.2 Å². The van der Waals surface area contributed by atoms with Crippen molar-refractivity contribution >= 4 is 14.1 Å². The number of carbonyl (C=O) groups is 1. The highest BCUT2D eigenvalue weighted by Gasteiger charge is 2.40. The fourth-order valence-electron chi connectivity index (χ4n) is 1.76. The monoisotopic (exact) mass is 254 g/mol. The molecule has 3 heteroatoms. The van der Waals surface area contributed by atoms with E-state index in [4.69, 9.17) is 4.43 Å². The summed E-state index contributed by atoms with van der Waals surface area (Å²) < 4.78 is 6.38. The van der Waals surface area contributed by atoms with Crippen molar-refractivity contribution in [1.29, 1.82) is 0 Å². The molecule has 1 aliphatic carbocycles. The molecule has 1 aliphatic rings. The molecule has 0 aromatic carbocycles. The predicted octanol–water partition coefficient (Wildman–Crippen LogP) is 3.93. The van der Waals surface area contributed by atoms with Gasteiger partial charge in [0.1, 0.15) is 0 Å². The molecular formula is C14H26O2Si. The second-order valence-corrected chi connectivity index (χ2v) is 11.3. The van der Waals surface area contributed by atoms with Crippen LogP contribution in [0.4, 0.5) is 0 Å². The van der Waals surface area contributed by atoms with Gasteiger partial charge in [0, 0.05) is 5.92 Å². The third-order valence-electron chi connectivity index (χ3n) is 4.16. The Labute approximate surface area is 107 Å². The molecule has 17 heavy (non-hydrogen) atoms. The number of hydrogen-bond donors (Lipinski definition) is 0. The Kier molecular flexibility index (Phi) is 4.36. The van der Waals surface area contributed by atoms with Gasteiger partial charge < -0.3 is 4.43 Å². The summed E-state index contributed by atoms with van der Waals surface area (Å²) in [6.45, 7) is 13.2. The molecule has 0 spiro atoms. The van der Waals surface area contributed by atoms with Crippen molar-refractivity contribution < 1.29 is 9.22 Å². The van der Waals surface area contributed by atoms with Crippen LogP contribution in [0, 0.1) is 5.92 Å². The largest absolute Gasteiger partial charge is 0.413 e. The van der Waals surface area contributed by atoms with E-state index in [1.807, 2.05) is 13.0 Å². The topological polar surface area (TPSA) is 26.3 Å². The standard InChI is InChI=1S/C14H26O2Si/c1-11-12(15)9-7-8-10-13(11)16-17(5,6)14(2,3)4/h7,9,11,13H,8,10H2,1-6H3/t11-,13-/m0/s1. The SMILES string of the molecule is C[C@H]1C(=O)C=CCC[C@@H]1O[Si](C)(C)C(C)(C)C. The average molecular weight is 254 g/mol. The zero-order valence-electron chi connectivity index (χ0n) is 12.0. The molecule has 0 unspecified atom stereocenters. The van der Waals surface area contributed by atoms with Crippen LogP contribution in [0.2, 0.25) is 18.1 Å². The molecule has 1 rings (SSSR count). The summed E-state index contributed by atoms with van der Waals surface area (Å²) in [4.78, 5) is 11.8. The van der Waals surface area contributed by atoms with Crippen molar-refractivity contribution in [1.82, 2.24) is 0 Å². The minimum atomic E-state index is -1.77. The Bertz CT molecular complexity index is 313. The maximum Gasteiger partial charge on any atom is 0.192 e. The summed E-state index contributed by atoms with van der Waals surface area (Å²) in [6.07, 6.45) is 5.72. The molecule has 0 saturated heterocycles. The third-order valence-corrected chi connectivity index (χ3v) is 8.66. The highest BCUT2D eigenvalue weighted by atomic mass is 28.4. The van der Waals surface area contributed by atoms with E-state index >= 15 is 0 Å². The first-order chi connectivity index (χ1) is 7.65. The summed E-state index contributed by atoms with van der Waals surface area (Å²) in [5.74, 6) is 0.217. The van der Waals surface area contributed by atoms with E-state index in [1.165, 1.54) is 0 Å². The second kappa shape index (κ2) is 5.07. The van der Waals surface area contributed by atoms with Crippen LogP contribution >= 0.6 is 0 Å². The molecule has 0 fully saturated rings. The van der Waals surface area contributed by atoms with Crippen LogP contribution < -0.4 is 0 Å². The molecule has 0 saturated carbocycles. The molecule has 2 nitrogen and oxygen atoms in total. The summed E-state index contributed by atoms with van der Waals surface area (Å²) in [7, 11) is -1.77. The van der Waals surface area contributed by atoms with Gasteiger partial charge >= 0.3 is 0 Å². The van der Waals surface area contributed by atoms with Crippen LogP contribution in [0.25, 0.3) is 0 Å². The molecule has 0 heterocycles. The molecule has 0 radical (unpaired) electrons. The van der Waals surface area contributed by atoms with Crippen molar-refractivity contribution in [3.8, 4) is 0 Å². The lowest BCUT2D eigenvalue weighted by Crippen LogP contribution is -2.46. The summed E-state index contributed by atoms with van der Waals surface area (Å²) in [6, 6.07) is 0. The number of ketones is 1. The van der Waals surface area contributed by atoms with Crippen LogP contribution in [-0.4, -0.2) is 20.2 Å². The molecule has 0 bridgehead atoms. The normalized spacial score (nSPS) is 27.1. The zero-order valence-corrected chi connectivity index (χ0v) is 13.0. The van der Waals surface area contributed by atoms with E-state index in [0.717, 1.165) is 12.8 Å². The zero-order chi connectivity index (χ0) is 13.3. The van der Waals surface area contributed by atoms with Crippen molar-refractivity contribution in [2.45, 2.75) is 64.8 Å². The molecule has 0 aromatic heterocycles. The highest BCUT2D eigenvalue weighted by molar-refractivity contribution is 6.74. The van der Waals surface area contributed by atoms with Crippen molar-refractivity contribution in [3.63, 3.8) is 0 Å². The maximum absolute atomic E-state index is 11.8. The fourth-order valence-corrected chi connectivity index (χ4v) is 3.19. The minimum Gasteiger partial charge on any atom is -0.413 e. The average Bonchev–Trinajstić information content (AvgIpc) is 2.31. The third kappa shape index (κ3) is 3.52.